The molecule has 4 nitrogen and oxygen atoms in total. The summed E-state index contributed by atoms with van der Waals surface area (Å²) < 4.78 is 5.91. The van der Waals surface area contributed by atoms with Gasteiger partial charge in [-0.15, -0.1) is 12.4 Å². The van der Waals surface area contributed by atoms with E-state index in [1.165, 1.54) is 19.3 Å². The number of carbonyl (C=O) groups excluding carboxylic acids is 1. The summed E-state index contributed by atoms with van der Waals surface area (Å²) in [5.41, 5.74) is 0.291. The summed E-state index contributed by atoms with van der Waals surface area (Å²) in [4.78, 5) is 14.9. The van der Waals surface area contributed by atoms with Crippen molar-refractivity contribution in [3.05, 3.63) is 0 Å². The van der Waals surface area contributed by atoms with Gasteiger partial charge in [0.25, 0.3) is 0 Å². The maximum absolute atomic E-state index is 12.8. The van der Waals surface area contributed by atoms with E-state index in [1.807, 2.05) is 7.05 Å². The highest BCUT2D eigenvalue weighted by atomic mass is 35.5. The third-order valence-corrected chi connectivity index (χ3v) is 6.18. The number of nitrogens with one attached hydrogen (secondary N) is 1. The monoisotopic (exact) mass is 330 g/mol. The molecule has 5 heteroatoms. The number of halogens is 1. The lowest BCUT2D eigenvalue weighted by molar-refractivity contribution is -0.204. The van der Waals surface area contributed by atoms with Crippen LogP contribution in [0.3, 0.4) is 0 Å². The van der Waals surface area contributed by atoms with Gasteiger partial charge in [-0.25, -0.2) is 0 Å². The summed E-state index contributed by atoms with van der Waals surface area (Å²) in [7, 11) is 2.03. The molecule has 1 N–H and O–H groups in total. The molecule has 2 unspecified atom stereocenters. The fraction of sp³-hybridized carbons (Fsp3) is 0.941. The van der Waals surface area contributed by atoms with E-state index in [4.69, 9.17) is 4.74 Å². The Morgan fingerprint density at radius 1 is 1.36 bits per heavy atom. The van der Waals surface area contributed by atoms with Gasteiger partial charge in [0, 0.05) is 37.1 Å². The Morgan fingerprint density at radius 2 is 2.09 bits per heavy atom. The first-order valence-corrected chi connectivity index (χ1v) is 8.70. The summed E-state index contributed by atoms with van der Waals surface area (Å²) in [6.07, 6.45) is 7.18. The number of nitrogens with zero attached hydrogens (tertiary/aromatic N) is 1. The molecule has 0 aromatic carbocycles. The second kappa shape index (κ2) is 7.06. The highest BCUT2D eigenvalue weighted by molar-refractivity contribution is 5.85. The zero-order chi connectivity index (χ0) is 15.0. The number of hydrogen-bond acceptors (Lipinski definition) is 3. The lowest BCUT2D eigenvalue weighted by atomic mass is 9.50. The lowest BCUT2D eigenvalue weighted by Gasteiger charge is -2.63. The van der Waals surface area contributed by atoms with Crippen LogP contribution in [0.2, 0.25) is 0 Å². The molecule has 0 radical (unpaired) electrons. The molecule has 3 aliphatic rings. The van der Waals surface area contributed by atoms with Crippen molar-refractivity contribution < 1.29 is 9.53 Å². The van der Waals surface area contributed by atoms with E-state index >= 15 is 0 Å². The third-order valence-electron chi connectivity index (χ3n) is 6.18. The van der Waals surface area contributed by atoms with E-state index in [9.17, 15) is 4.79 Å². The zero-order valence-electron chi connectivity index (χ0n) is 14.1. The number of ether oxygens (including phenoxy) is 1. The van der Waals surface area contributed by atoms with Crippen molar-refractivity contribution >= 4 is 18.3 Å². The van der Waals surface area contributed by atoms with Crippen LogP contribution >= 0.6 is 12.4 Å². The predicted octanol–water partition coefficient (Wildman–Crippen LogP) is 2.60. The minimum atomic E-state index is 0. The highest BCUT2D eigenvalue weighted by Crippen LogP contribution is 2.59. The van der Waals surface area contributed by atoms with Gasteiger partial charge < -0.3 is 15.0 Å². The average molecular weight is 331 g/mol. The Hall–Kier alpha value is -0.320. The summed E-state index contributed by atoms with van der Waals surface area (Å²) in [5, 5.41) is 3.43. The smallest absolute Gasteiger partial charge is 0.225 e. The molecule has 0 aromatic rings. The molecular formula is C17H31ClN2O2. The van der Waals surface area contributed by atoms with Crippen LogP contribution in [0.5, 0.6) is 0 Å². The van der Waals surface area contributed by atoms with Gasteiger partial charge in [-0.05, 0) is 52.5 Å². The van der Waals surface area contributed by atoms with Crippen molar-refractivity contribution in [3.63, 3.8) is 0 Å². The second-order valence-electron chi connectivity index (χ2n) is 7.31. The van der Waals surface area contributed by atoms with Crippen molar-refractivity contribution in [3.8, 4) is 0 Å². The SMILES string of the molecule is CCOC1CC(N(C)C(=O)[C@H]2CCN[C@@H](C)C2)C12CCC2.Cl. The topological polar surface area (TPSA) is 41.6 Å². The van der Waals surface area contributed by atoms with E-state index in [-0.39, 0.29) is 18.3 Å². The summed E-state index contributed by atoms with van der Waals surface area (Å²) in [5.74, 6) is 0.587. The molecule has 3 rings (SSSR count). The maximum Gasteiger partial charge on any atom is 0.225 e. The number of amides is 1. The number of rotatable bonds is 4. The molecule has 0 aromatic heterocycles. The molecule has 1 saturated heterocycles. The molecule has 128 valence electrons. The first-order chi connectivity index (χ1) is 10.1. The van der Waals surface area contributed by atoms with Crippen LogP contribution in [0.1, 0.15) is 52.4 Å². The van der Waals surface area contributed by atoms with E-state index in [1.54, 1.807) is 0 Å². The van der Waals surface area contributed by atoms with Gasteiger partial charge in [-0.2, -0.15) is 0 Å². The fourth-order valence-electron chi connectivity index (χ4n) is 4.74. The van der Waals surface area contributed by atoms with Crippen molar-refractivity contribution in [1.82, 2.24) is 10.2 Å². The molecule has 3 fully saturated rings. The first-order valence-electron chi connectivity index (χ1n) is 8.70. The highest BCUT2D eigenvalue weighted by Gasteiger charge is 2.61. The minimum Gasteiger partial charge on any atom is -0.378 e. The molecule has 0 bridgehead atoms. The standard InChI is InChI=1S/C17H30N2O2.ClH/c1-4-21-15-11-14(17(15)7-5-8-17)19(3)16(20)13-6-9-18-12(2)10-13;/h12-15,18H,4-11H2,1-3H3;1H/t12-,13-,14?,15?;/m0./s1. The van der Waals surface area contributed by atoms with E-state index in [0.717, 1.165) is 32.4 Å². The van der Waals surface area contributed by atoms with Crippen LogP contribution in [0.4, 0.5) is 0 Å². The molecule has 1 amide bonds. The van der Waals surface area contributed by atoms with Crippen LogP contribution in [0.15, 0.2) is 0 Å². The Morgan fingerprint density at radius 3 is 2.64 bits per heavy atom. The van der Waals surface area contributed by atoms with Crippen molar-refractivity contribution in [2.24, 2.45) is 11.3 Å². The quantitative estimate of drug-likeness (QED) is 0.861. The van der Waals surface area contributed by atoms with Gasteiger partial charge >= 0.3 is 0 Å². The van der Waals surface area contributed by atoms with Crippen molar-refractivity contribution in [1.29, 1.82) is 0 Å². The second-order valence-corrected chi connectivity index (χ2v) is 7.31. The molecule has 22 heavy (non-hydrogen) atoms. The predicted molar refractivity (Wildman–Crippen MR) is 90.3 cm³/mol. The molecule has 4 atom stereocenters. The van der Waals surface area contributed by atoms with Gasteiger partial charge in [-0.3, -0.25) is 4.79 Å². The molecule has 1 spiro atoms. The van der Waals surface area contributed by atoms with Gasteiger partial charge in [0.15, 0.2) is 0 Å². The van der Waals surface area contributed by atoms with E-state index in [2.05, 4.69) is 24.1 Å². The van der Waals surface area contributed by atoms with E-state index in [0.29, 0.717) is 29.5 Å². The minimum absolute atomic E-state index is 0. The van der Waals surface area contributed by atoms with Crippen molar-refractivity contribution in [2.45, 2.75) is 70.6 Å². The molecular weight excluding hydrogens is 300 g/mol. The van der Waals surface area contributed by atoms with Crippen LogP contribution in [0.25, 0.3) is 0 Å². The molecule has 2 saturated carbocycles. The van der Waals surface area contributed by atoms with Crippen LogP contribution in [-0.4, -0.2) is 49.2 Å². The summed E-state index contributed by atoms with van der Waals surface area (Å²) in [6.45, 7) is 6.03. The lowest BCUT2D eigenvalue weighted by Crippen LogP contribution is -2.68. The normalized spacial score (nSPS) is 36.0. The Kier molecular flexibility index (Phi) is 5.79. The van der Waals surface area contributed by atoms with Crippen LogP contribution in [-0.2, 0) is 9.53 Å². The Labute approximate surface area is 140 Å². The number of hydrogen-bond donors (Lipinski definition) is 1. The largest absolute Gasteiger partial charge is 0.378 e. The first kappa shape index (κ1) is 18.0. The van der Waals surface area contributed by atoms with Gasteiger partial charge in [0.1, 0.15) is 0 Å². The van der Waals surface area contributed by atoms with Gasteiger partial charge in [-0.1, -0.05) is 6.42 Å². The summed E-state index contributed by atoms with van der Waals surface area (Å²) in [6, 6.07) is 0.886. The van der Waals surface area contributed by atoms with Gasteiger partial charge in [0.2, 0.25) is 5.91 Å². The maximum atomic E-state index is 12.8. The molecule has 2 aliphatic carbocycles. The summed E-state index contributed by atoms with van der Waals surface area (Å²) >= 11 is 0. The Balaban J connectivity index is 0.00000176. The molecule has 1 heterocycles. The number of carbonyl (C=O) groups is 1. The molecule has 1 aliphatic heterocycles. The third kappa shape index (κ3) is 2.90. The fourth-order valence-corrected chi connectivity index (χ4v) is 4.74. The Bertz CT molecular complexity index is 400. The van der Waals surface area contributed by atoms with E-state index < -0.39 is 0 Å². The average Bonchev–Trinajstić information content (AvgIpc) is 2.40. The van der Waals surface area contributed by atoms with Crippen molar-refractivity contribution in [2.75, 3.05) is 20.2 Å². The van der Waals surface area contributed by atoms with Crippen LogP contribution in [0, 0.1) is 11.3 Å². The van der Waals surface area contributed by atoms with Crippen LogP contribution < -0.4 is 5.32 Å². The zero-order valence-corrected chi connectivity index (χ0v) is 15.0. The van der Waals surface area contributed by atoms with Gasteiger partial charge in [0.05, 0.1) is 6.10 Å². The number of piperidine rings is 1.